The lowest BCUT2D eigenvalue weighted by Crippen LogP contribution is -2.34. The number of nitrogens with one attached hydrogen (secondary N) is 1. The number of carboxylic acid groups (broad SMARTS) is 1. The third-order valence-corrected chi connectivity index (χ3v) is 6.75. The molecule has 0 spiro atoms. The number of benzene rings is 1. The maximum atomic E-state index is 15.5. The Morgan fingerprint density at radius 2 is 2.00 bits per heavy atom. The minimum atomic E-state index is -1.36. The summed E-state index contributed by atoms with van der Waals surface area (Å²) in [5.74, 6) is -1.83. The Hall–Kier alpha value is -3.34. The largest absolute Gasteiger partial charge is 0.477 e. The average Bonchev–Trinajstić information content (AvgIpc) is 3.53. The number of rotatable bonds is 7. The molecule has 1 saturated carbocycles. The number of nitrogens with zero attached hydrogens (tertiary/aromatic N) is 2. The van der Waals surface area contributed by atoms with E-state index in [-0.39, 0.29) is 34.6 Å². The van der Waals surface area contributed by atoms with Crippen molar-refractivity contribution >= 4 is 34.3 Å². The van der Waals surface area contributed by atoms with Crippen LogP contribution in [0.5, 0.6) is 0 Å². The van der Waals surface area contributed by atoms with E-state index in [9.17, 15) is 19.5 Å². The fourth-order valence-electron chi connectivity index (χ4n) is 4.61. The number of carboxylic acids is 1. The first kappa shape index (κ1) is 25.7. The zero-order chi connectivity index (χ0) is 26.4. The molecular formula is C25H33FN4O6. The van der Waals surface area contributed by atoms with Crippen molar-refractivity contribution in [2.45, 2.75) is 58.6 Å². The second-order valence-corrected chi connectivity index (χ2v) is 10.8. The van der Waals surface area contributed by atoms with Gasteiger partial charge in [-0.1, -0.05) is 6.92 Å². The molecule has 1 aliphatic carbocycles. The summed E-state index contributed by atoms with van der Waals surface area (Å²) in [5, 5.41) is 12.1. The SMILES string of the molecule is CC(CNC(=O)OOC(C)(C)C)C1CCN(c2cc3c(c(N)c2F)c(=O)c(C(=O)O)cn3C2CC2)C1. The summed E-state index contributed by atoms with van der Waals surface area (Å²) in [6, 6.07) is 1.67. The first-order valence-electron chi connectivity index (χ1n) is 12.2. The number of aromatic nitrogens is 1. The van der Waals surface area contributed by atoms with Gasteiger partial charge in [-0.2, -0.15) is 4.89 Å². The van der Waals surface area contributed by atoms with Gasteiger partial charge in [-0.25, -0.2) is 14.0 Å². The number of halogens is 1. The van der Waals surface area contributed by atoms with Crippen LogP contribution in [0.2, 0.25) is 0 Å². The van der Waals surface area contributed by atoms with Crippen molar-refractivity contribution in [1.29, 1.82) is 0 Å². The summed E-state index contributed by atoms with van der Waals surface area (Å²) >= 11 is 0. The number of hydrogen-bond donors (Lipinski definition) is 3. The summed E-state index contributed by atoms with van der Waals surface area (Å²) in [4.78, 5) is 48.0. The molecule has 10 nitrogen and oxygen atoms in total. The number of carbonyl (C=O) groups is 2. The number of fused-ring (bicyclic) bond motifs is 1. The number of aromatic carboxylic acids is 1. The molecule has 2 aliphatic rings. The molecule has 1 aromatic carbocycles. The van der Waals surface area contributed by atoms with Gasteiger partial charge in [0.05, 0.1) is 22.3 Å². The lowest BCUT2D eigenvalue weighted by Gasteiger charge is -2.24. The fourth-order valence-corrected chi connectivity index (χ4v) is 4.61. The van der Waals surface area contributed by atoms with E-state index in [1.54, 1.807) is 31.4 Å². The molecule has 11 heteroatoms. The van der Waals surface area contributed by atoms with E-state index in [0.717, 1.165) is 19.3 Å². The lowest BCUT2D eigenvalue weighted by molar-refractivity contribution is -0.300. The topological polar surface area (TPSA) is 136 Å². The number of nitrogens with two attached hydrogens (primary N) is 1. The van der Waals surface area contributed by atoms with E-state index in [1.807, 2.05) is 11.8 Å². The smallest absolute Gasteiger partial charge is 0.438 e. The van der Waals surface area contributed by atoms with Crippen LogP contribution >= 0.6 is 0 Å². The Labute approximate surface area is 208 Å². The predicted molar refractivity (Wildman–Crippen MR) is 133 cm³/mol. The van der Waals surface area contributed by atoms with E-state index >= 15 is 4.39 Å². The van der Waals surface area contributed by atoms with Crippen molar-refractivity contribution in [1.82, 2.24) is 9.88 Å². The highest BCUT2D eigenvalue weighted by molar-refractivity contribution is 5.99. The number of carbonyl (C=O) groups excluding carboxylic acids is 1. The van der Waals surface area contributed by atoms with Crippen LogP contribution in [0.15, 0.2) is 17.1 Å². The van der Waals surface area contributed by atoms with Crippen molar-refractivity contribution in [3.8, 4) is 0 Å². The van der Waals surface area contributed by atoms with Crippen molar-refractivity contribution < 1.29 is 28.9 Å². The molecule has 4 N–H and O–H groups in total. The van der Waals surface area contributed by atoms with Gasteiger partial charge in [0, 0.05) is 31.9 Å². The van der Waals surface area contributed by atoms with Crippen LogP contribution in [0.1, 0.15) is 63.4 Å². The zero-order valence-corrected chi connectivity index (χ0v) is 21.0. The lowest BCUT2D eigenvalue weighted by atomic mass is 9.93. The minimum Gasteiger partial charge on any atom is -0.477 e. The van der Waals surface area contributed by atoms with Crippen molar-refractivity contribution in [2.24, 2.45) is 11.8 Å². The highest BCUT2D eigenvalue weighted by atomic mass is 19.1. The molecule has 2 fully saturated rings. The first-order chi connectivity index (χ1) is 16.9. The first-order valence-corrected chi connectivity index (χ1v) is 12.2. The van der Waals surface area contributed by atoms with Crippen LogP contribution in [-0.4, -0.2) is 47.0 Å². The quantitative estimate of drug-likeness (QED) is 0.295. The fraction of sp³-hybridized carbons (Fsp3) is 0.560. The summed E-state index contributed by atoms with van der Waals surface area (Å²) in [5.41, 5.74) is 4.70. The van der Waals surface area contributed by atoms with Gasteiger partial charge in [0.2, 0.25) is 5.43 Å². The molecule has 2 heterocycles. The second-order valence-electron chi connectivity index (χ2n) is 10.8. The number of anilines is 2. The number of amides is 1. The third kappa shape index (κ3) is 5.25. The molecule has 2 aromatic rings. The molecule has 1 aromatic heterocycles. The monoisotopic (exact) mass is 504 g/mol. The number of nitrogen functional groups attached to an aromatic ring is 1. The van der Waals surface area contributed by atoms with Crippen LogP contribution in [0.25, 0.3) is 10.9 Å². The van der Waals surface area contributed by atoms with E-state index in [4.69, 9.17) is 15.5 Å². The standard InChI is InChI=1S/C25H33FN4O6/c1-13(10-28-24(34)35-36-25(2,3)4)14-7-8-29(11-14)18-9-17-19(21(27)20(18)26)22(31)16(23(32)33)12-30(17)15-5-6-15/h9,12-15H,5-8,10-11,27H2,1-4H3,(H,28,34)(H,32,33). The maximum Gasteiger partial charge on any atom is 0.438 e. The number of pyridine rings is 1. The Morgan fingerprint density at radius 3 is 2.61 bits per heavy atom. The summed E-state index contributed by atoms with van der Waals surface area (Å²) in [7, 11) is 0. The van der Waals surface area contributed by atoms with Crippen molar-refractivity contribution in [3.05, 3.63) is 33.9 Å². The zero-order valence-electron chi connectivity index (χ0n) is 21.0. The predicted octanol–water partition coefficient (Wildman–Crippen LogP) is 3.67. The van der Waals surface area contributed by atoms with E-state index in [2.05, 4.69) is 5.32 Å². The Balaban J connectivity index is 1.53. The Bertz CT molecular complexity index is 1250. The highest BCUT2D eigenvalue weighted by Gasteiger charge is 2.32. The van der Waals surface area contributed by atoms with Gasteiger partial charge >= 0.3 is 12.1 Å². The molecule has 1 amide bonds. The summed E-state index contributed by atoms with van der Waals surface area (Å²) in [6.45, 7) is 8.79. The van der Waals surface area contributed by atoms with Gasteiger partial charge in [-0.3, -0.25) is 9.68 Å². The molecule has 2 atom stereocenters. The maximum absolute atomic E-state index is 15.5. The van der Waals surface area contributed by atoms with Crippen LogP contribution in [0.4, 0.5) is 20.6 Å². The second kappa shape index (κ2) is 9.61. The van der Waals surface area contributed by atoms with Gasteiger partial charge in [0.25, 0.3) is 0 Å². The van der Waals surface area contributed by atoms with Crippen LogP contribution in [0.3, 0.4) is 0 Å². The molecular weight excluding hydrogens is 471 g/mol. The molecule has 4 rings (SSSR count). The van der Waals surface area contributed by atoms with Gasteiger partial charge < -0.3 is 25.6 Å². The molecule has 196 valence electrons. The number of hydrogen-bond acceptors (Lipinski definition) is 7. The van der Waals surface area contributed by atoms with Crippen LogP contribution < -0.4 is 21.4 Å². The van der Waals surface area contributed by atoms with Crippen molar-refractivity contribution in [2.75, 3.05) is 30.3 Å². The molecule has 0 bridgehead atoms. The Kier molecular flexibility index (Phi) is 6.87. The normalized spacial score (nSPS) is 18.9. The van der Waals surface area contributed by atoms with E-state index in [1.165, 1.54) is 6.20 Å². The Morgan fingerprint density at radius 1 is 1.31 bits per heavy atom. The van der Waals surface area contributed by atoms with Crippen molar-refractivity contribution in [3.63, 3.8) is 0 Å². The molecule has 1 aliphatic heterocycles. The molecule has 36 heavy (non-hydrogen) atoms. The van der Waals surface area contributed by atoms with Crippen LogP contribution in [0, 0.1) is 17.7 Å². The van der Waals surface area contributed by atoms with E-state index in [0.29, 0.717) is 25.2 Å². The average molecular weight is 505 g/mol. The van der Waals surface area contributed by atoms with Crippen LogP contribution in [-0.2, 0) is 9.78 Å². The molecule has 1 saturated heterocycles. The van der Waals surface area contributed by atoms with E-state index < -0.39 is 34.5 Å². The summed E-state index contributed by atoms with van der Waals surface area (Å²) in [6.07, 6.45) is 3.15. The van der Waals surface area contributed by atoms with Gasteiger partial charge in [0.15, 0.2) is 5.82 Å². The molecule has 0 radical (unpaired) electrons. The van der Waals surface area contributed by atoms with Gasteiger partial charge in [-0.15, -0.1) is 0 Å². The minimum absolute atomic E-state index is 0.0587. The highest BCUT2D eigenvalue weighted by Crippen LogP contribution is 2.40. The van der Waals surface area contributed by atoms with Gasteiger partial charge in [0.1, 0.15) is 11.2 Å². The summed E-state index contributed by atoms with van der Waals surface area (Å²) < 4.78 is 17.2. The van der Waals surface area contributed by atoms with Gasteiger partial charge in [-0.05, 0) is 57.9 Å². The molecule has 2 unspecified atom stereocenters. The third-order valence-electron chi connectivity index (χ3n) is 6.75.